The molecule has 0 radical (unpaired) electrons. The summed E-state index contributed by atoms with van der Waals surface area (Å²) in [5.41, 5.74) is 1.05. The minimum atomic E-state index is -1.03. The van der Waals surface area contributed by atoms with Crippen LogP contribution in [-0.4, -0.2) is 11.1 Å². The predicted molar refractivity (Wildman–Crippen MR) is 74.3 cm³/mol. The number of hydrogen-bond donors (Lipinski definition) is 1. The summed E-state index contributed by atoms with van der Waals surface area (Å²) in [6, 6.07) is 15.9. The molecule has 2 aromatic carbocycles. The molecule has 4 heteroatoms. The van der Waals surface area contributed by atoms with Gasteiger partial charge in [-0.1, -0.05) is 30.3 Å². The van der Waals surface area contributed by atoms with Crippen LogP contribution in [0.4, 0.5) is 0 Å². The fourth-order valence-electron chi connectivity index (χ4n) is 1.64. The second-order valence-corrected chi connectivity index (χ2v) is 3.92. The summed E-state index contributed by atoms with van der Waals surface area (Å²) in [5, 5.41) is 17.7. The van der Waals surface area contributed by atoms with Crippen molar-refractivity contribution in [1.29, 1.82) is 5.26 Å². The molecule has 0 heterocycles. The molecule has 0 bridgehead atoms. The second kappa shape index (κ2) is 6.21. The number of hydrogen-bond acceptors (Lipinski definition) is 3. The lowest BCUT2D eigenvalue weighted by molar-refractivity contribution is -0.131. The van der Waals surface area contributed by atoms with Crippen LogP contribution >= 0.6 is 0 Å². The second-order valence-electron chi connectivity index (χ2n) is 3.92. The van der Waals surface area contributed by atoms with E-state index in [1.807, 2.05) is 6.07 Å². The molecule has 98 valence electrons. The van der Waals surface area contributed by atoms with Crippen molar-refractivity contribution in [3.05, 3.63) is 65.7 Å². The Balaban J connectivity index is 2.35. The summed E-state index contributed by atoms with van der Waals surface area (Å²) < 4.78 is 5.70. The van der Waals surface area contributed by atoms with Gasteiger partial charge in [0.15, 0.2) is 0 Å². The number of nitriles is 1. The lowest BCUT2D eigenvalue weighted by Crippen LogP contribution is -1.91. The number of benzene rings is 2. The van der Waals surface area contributed by atoms with Gasteiger partial charge in [0.1, 0.15) is 17.6 Å². The molecule has 1 N–H and O–H groups in total. The number of rotatable bonds is 4. The Hall–Kier alpha value is -3.06. The molecule has 4 nitrogen and oxygen atoms in total. The number of carbonyl (C=O) groups is 1. The highest BCUT2D eigenvalue weighted by Crippen LogP contribution is 2.28. The molecule has 0 atom stereocenters. The van der Waals surface area contributed by atoms with Crippen LogP contribution < -0.4 is 4.74 Å². The van der Waals surface area contributed by atoms with Crippen LogP contribution in [0, 0.1) is 11.3 Å². The summed E-state index contributed by atoms with van der Waals surface area (Å²) in [6.45, 7) is 0. The van der Waals surface area contributed by atoms with E-state index >= 15 is 0 Å². The van der Waals surface area contributed by atoms with Crippen LogP contribution in [0.1, 0.15) is 11.1 Å². The van der Waals surface area contributed by atoms with Crippen LogP contribution in [-0.2, 0) is 4.79 Å². The van der Waals surface area contributed by atoms with Crippen LogP contribution in [0.15, 0.2) is 54.6 Å². The Morgan fingerprint density at radius 1 is 1.10 bits per heavy atom. The number of carboxylic acids is 1. The number of ether oxygens (including phenoxy) is 1. The first-order valence-corrected chi connectivity index (χ1v) is 5.87. The van der Waals surface area contributed by atoms with Gasteiger partial charge in [0.2, 0.25) is 0 Å². The zero-order chi connectivity index (χ0) is 14.4. The van der Waals surface area contributed by atoms with E-state index in [2.05, 4.69) is 0 Å². The third-order valence-corrected chi connectivity index (χ3v) is 2.55. The zero-order valence-electron chi connectivity index (χ0n) is 10.5. The van der Waals surface area contributed by atoms with Gasteiger partial charge in [-0.3, -0.25) is 0 Å². The van der Waals surface area contributed by atoms with E-state index in [0.29, 0.717) is 22.6 Å². The monoisotopic (exact) mass is 265 g/mol. The average Bonchev–Trinajstić information content (AvgIpc) is 2.47. The van der Waals surface area contributed by atoms with E-state index in [9.17, 15) is 4.79 Å². The van der Waals surface area contributed by atoms with E-state index in [-0.39, 0.29) is 0 Å². The summed E-state index contributed by atoms with van der Waals surface area (Å²) in [5.74, 6) is -0.101. The van der Waals surface area contributed by atoms with Gasteiger partial charge in [-0.2, -0.15) is 5.26 Å². The maximum Gasteiger partial charge on any atom is 0.328 e. The number of aliphatic carboxylic acids is 1. The normalized spacial score (nSPS) is 10.2. The van der Waals surface area contributed by atoms with Crippen LogP contribution in [0.5, 0.6) is 11.5 Å². The molecule has 2 rings (SSSR count). The summed E-state index contributed by atoms with van der Waals surface area (Å²) in [6.07, 6.45) is 2.49. The highest BCUT2D eigenvalue weighted by atomic mass is 16.5. The molecule has 0 amide bonds. The van der Waals surface area contributed by atoms with Gasteiger partial charge in [-0.15, -0.1) is 0 Å². The first kappa shape index (κ1) is 13.4. The number of nitrogens with zero attached hydrogens (tertiary/aromatic N) is 1. The van der Waals surface area contributed by atoms with Crippen LogP contribution in [0.3, 0.4) is 0 Å². The summed E-state index contributed by atoms with van der Waals surface area (Å²) >= 11 is 0. The summed E-state index contributed by atoms with van der Waals surface area (Å²) in [4.78, 5) is 10.6. The van der Waals surface area contributed by atoms with Crippen molar-refractivity contribution in [1.82, 2.24) is 0 Å². The minimum absolute atomic E-state index is 0.421. The summed E-state index contributed by atoms with van der Waals surface area (Å²) in [7, 11) is 0. The number of para-hydroxylation sites is 2. The standard InChI is InChI=1S/C16H11NO3/c17-11-13-6-2-4-8-15(13)20-14-7-3-1-5-12(14)9-10-16(18)19/h1-10H,(H,18,19)/b10-9+. The fourth-order valence-corrected chi connectivity index (χ4v) is 1.64. The van der Waals surface area contributed by atoms with Crippen molar-refractivity contribution in [3.63, 3.8) is 0 Å². The fraction of sp³-hybridized carbons (Fsp3) is 0. The topological polar surface area (TPSA) is 70.3 Å². The van der Waals surface area contributed by atoms with Crippen molar-refractivity contribution >= 4 is 12.0 Å². The van der Waals surface area contributed by atoms with Crippen molar-refractivity contribution < 1.29 is 14.6 Å². The molecule has 0 aliphatic heterocycles. The molecule has 0 spiro atoms. The van der Waals surface area contributed by atoms with Gasteiger partial charge in [-0.05, 0) is 24.3 Å². The lowest BCUT2D eigenvalue weighted by atomic mass is 10.1. The molecule has 0 saturated carbocycles. The molecular formula is C16H11NO3. The van der Waals surface area contributed by atoms with Crippen LogP contribution in [0.2, 0.25) is 0 Å². The third kappa shape index (κ3) is 3.24. The molecule has 0 aliphatic rings. The maximum atomic E-state index is 10.6. The molecular weight excluding hydrogens is 254 g/mol. The molecule has 2 aromatic rings. The highest BCUT2D eigenvalue weighted by molar-refractivity contribution is 5.85. The quantitative estimate of drug-likeness (QED) is 0.859. The molecule has 0 aliphatic carbocycles. The SMILES string of the molecule is N#Cc1ccccc1Oc1ccccc1/C=C/C(=O)O. The Morgan fingerprint density at radius 3 is 2.45 bits per heavy atom. The Labute approximate surface area is 116 Å². The smallest absolute Gasteiger partial charge is 0.328 e. The zero-order valence-corrected chi connectivity index (χ0v) is 10.5. The Kier molecular flexibility index (Phi) is 4.15. The first-order chi connectivity index (χ1) is 9.70. The minimum Gasteiger partial charge on any atom is -0.478 e. The van der Waals surface area contributed by atoms with Gasteiger partial charge in [0, 0.05) is 11.6 Å². The maximum absolute atomic E-state index is 10.6. The number of carboxylic acid groups (broad SMARTS) is 1. The molecule has 0 aromatic heterocycles. The molecule has 0 unspecified atom stereocenters. The van der Waals surface area contributed by atoms with E-state index < -0.39 is 5.97 Å². The van der Waals surface area contributed by atoms with Crippen molar-refractivity contribution in [3.8, 4) is 17.6 Å². The Morgan fingerprint density at radius 2 is 1.75 bits per heavy atom. The van der Waals surface area contributed by atoms with E-state index in [4.69, 9.17) is 15.1 Å². The molecule has 20 heavy (non-hydrogen) atoms. The van der Waals surface area contributed by atoms with E-state index in [1.54, 1.807) is 48.5 Å². The predicted octanol–water partition coefficient (Wildman–Crippen LogP) is 3.45. The first-order valence-electron chi connectivity index (χ1n) is 5.87. The van der Waals surface area contributed by atoms with Crippen molar-refractivity contribution in [2.24, 2.45) is 0 Å². The average molecular weight is 265 g/mol. The Bertz CT molecular complexity index is 699. The van der Waals surface area contributed by atoms with Gasteiger partial charge in [0.05, 0.1) is 5.56 Å². The van der Waals surface area contributed by atoms with Gasteiger partial charge >= 0.3 is 5.97 Å². The molecule has 0 saturated heterocycles. The lowest BCUT2D eigenvalue weighted by Gasteiger charge is -2.09. The van der Waals surface area contributed by atoms with Crippen molar-refractivity contribution in [2.45, 2.75) is 0 Å². The van der Waals surface area contributed by atoms with E-state index in [0.717, 1.165) is 6.08 Å². The van der Waals surface area contributed by atoms with Crippen LogP contribution in [0.25, 0.3) is 6.08 Å². The van der Waals surface area contributed by atoms with Gasteiger partial charge in [0.25, 0.3) is 0 Å². The van der Waals surface area contributed by atoms with Crippen molar-refractivity contribution in [2.75, 3.05) is 0 Å². The third-order valence-electron chi connectivity index (χ3n) is 2.55. The van der Waals surface area contributed by atoms with E-state index in [1.165, 1.54) is 6.08 Å². The largest absolute Gasteiger partial charge is 0.478 e. The van der Waals surface area contributed by atoms with Gasteiger partial charge in [-0.25, -0.2) is 4.79 Å². The molecule has 0 fully saturated rings. The highest BCUT2D eigenvalue weighted by Gasteiger charge is 2.06. The van der Waals surface area contributed by atoms with Gasteiger partial charge < -0.3 is 9.84 Å².